The standard InChI is InChI=1S/C8H19NO3S2/c1-8(4-5-9)13(10)6-3-7-14(2,11)12/h8H,3-7,9H2,1-2H3. The van der Waals surface area contributed by atoms with E-state index < -0.39 is 20.6 Å². The van der Waals surface area contributed by atoms with E-state index in [0.29, 0.717) is 18.7 Å². The number of hydrogen-bond donors (Lipinski definition) is 1. The number of rotatable bonds is 7. The summed E-state index contributed by atoms with van der Waals surface area (Å²) in [6, 6.07) is 0. The van der Waals surface area contributed by atoms with Gasteiger partial charge in [0.1, 0.15) is 9.84 Å². The van der Waals surface area contributed by atoms with Crippen LogP contribution in [0.15, 0.2) is 0 Å². The minimum absolute atomic E-state index is 0.0690. The lowest BCUT2D eigenvalue weighted by Gasteiger charge is -2.09. The van der Waals surface area contributed by atoms with Crippen molar-refractivity contribution in [3.8, 4) is 0 Å². The summed E-state index contributed by atoms with van der Waals surface area (Å²) in [5, 5.41) is 0.0690. The summed E-state index contributed by atoms with van der Waals surface area (Å²) in [7, 11) is -3.86. The number of hydrogen-bond acceptors (Lipinski definition) is 4. The van der Waals surface area contributed by atoms with E-state index in [1.165, 1.54) is 6.26 Å². The van der Waals surface area contributed by atoms with Crippen molar-refractivity contribution in [2.24, 2.45) is 5.73 Å². The van der Waals surface area contributed by atoms with Crippen molar-refractivity contribution in [1.82, 2.24) is 0 Å². The monoisotopic (exact) mass is 241 g/mol. The Labute approximate surface area is 88.6 Å². The predicted molar refractivity (Wildman–Crippen MR) is 60.5 cm³/mol. The Bertz CT molecular complexity index is 274. The first-order valence-electron chi connectivity index (χ1n) is 4.62. The van der Waals surface area contributed by atoms with Crippen LogP contribution < -0.4 is 5.73 Å². The fraction of sp³-hybridized carbons (Fsp3) is 1.00. The Hall–Kier alpha value is 0.0600. The molecule has 86 valence electrons. The van der Waals surface area contributed by atoms with Gasteiger partial charge in [-0.1, -0.05) is 6.92 Å². The minimum atomic E-state index is -2.92. The fourth-order valence-corrected chi connectivity index (χ4v) is 3.11. The highest BCUT2D eigenvalue weighted by atomic mass is 32.2. The van der Waals surface area contributed by atoms with Crippen molar-refractivity contribution < 1.29 is 12.6 Å². The van der Waals surface area contributed by atoms with Crippen LogP contribution in [-0.4, -0.2) is 42.2 Å². The van der Waals surface area contributed by atoms with E-state index in [9.17, 15) is 12.6 Å². The summed E-state index contributed by atoms with van der Waals surface area (Å²) >= 11 is 0. The van der Waals surface area contributed by atoms with Gasteiger partial charge in [-0.05, 0) is 19.4 Å². The first-order valence-corrected chi connectivity index (χ1v) is 8.06. The summed E-state index contributed by atoms with van der Waals surface area (Å²) in [5.74, 6) is 0.572. The van der Waals surface area contributed by atoms with Gasteiger partial charge >= 0.3 is 0 Å². The lowest BCUT2D eigenvalue weighted by atomic mass is 10.3. The molecule has 4 nitrogen and oxygen atoms in total. The molecule has 0 aromatic heterocycles. The van der Waals surface area contributed by atoms with Crippen LogP contribution >= 0.6 is 0 Å². The van der Waals surface area contributed by atoms with E-state index >= 15 is 0 Å². The average Bonchev–Trinajstić information content (AvgIpc) is 2.02. The highest BCUT2D eigenvalue weighted by Gasteiger charge is 2.11. The molecule has 0 radical (unpaired) electrons. The van der Waals surface area contributed by atoms with E-state index in [4.69, 9.17) is 5.73 Å². The van der Waals surface area contributed by atoms with Crippen molar-refractivity contribution >= 4 is 20.6 Å². The van der Waals surface area contributed by atoms with Gasteiger partial charge in [0.15, 0.2) is 0 Å². The van der Waals surface area contributed by atoms with Crippen molar-refractivity contribution in [1.29, 1.82) is 0 Å². The molecule has 0 amide bonds. The summed E-state index contributed by atoms with van der Waals surface area (Å²) in [5.41, 5.74) is 5.33. The molecule has 0 saturated carbocycles. The van der Waals surface area contributed by atoms with Gasteiger partial charge in [-0.3, -0.25) is 4.21 Å². The molecule has 0 rings (SSSR count). The quantitative estimate of drug-likeness (QED) is 0.675. The smallest absolute Gasteiger partial charge is 0.147 e. The van der Waals surface area contributed by atoms with E-state index in [1.54, 1.807) is 0 Å². The molecule has 2 N–H and O–H groups in total. The molecule has 2 unspecified atom stereocenters. The minimum Gasteiger partial charge on any atom is -0.330 e. The van der Waals surface area contributed by atoms with Gasteiger partial charge in [-0.25, -0.2) is 8.42 Å². The Morgan fingerprint density at radius 3 is 2.43 bits per heavy atom. The first-order chi connectivity index (χ1) is 6.37. The molecule has 0 aromatic carbocycles. The summed E-state index contributed by atoms with van der Waals surface area (Å²) in [4.78, 5) is 0. The average molecular weight is 241 g/mol. The zero-order valence-corrected chi connectivity index (χ0v) is 10.4. The SMILES string of the molecule is CC(CCN)S(=O)CCCS(C)(=O)=O. The van der Waals surface area contributed by atoms with E-state index in [1.807, 2.05) is 6.92 Å². The van der Waals surface area contributed by atoms with E-state index in [0.717, 1.165) is 6.42 Å². The van der Waals surface area contributed by atoms with Crippen LogP contribution in [0.5, 0.6) is 0 Å². The van der Waals surface area contributed by atoms with Crippen molar-refractivity contribution in [3.05, 3.63) is 0 Å². The maximum atomic E-state index is 11.5. The molecular formula is C8H19NO3S2. The largest absolute Gasteiger partial charge is 0.330 e. The third kappa shape index (κ3) is 7.46. The van der Waals surface area contributed by atoms with Crippen LogP contribution in [0.25, 0.3) is 0 Å². The van der Waals surface area contributed by atoms with Crippen LogP contribution in [0.1, 0.15) is 19.8 Å². The van der Waals surface area contributed by atoms with Crippen LogP contribution in [0.3, 0.4) is 0 Å². The molecule has 0 aromatic rings. The maximum Gasteiger partial charge on any atom is 0.147 e. The van der Waals surface area contributed by atoms with Gasteiger partial charge in [0.2, 0.25) is 0 Å². The molecule has 6 heteroatoms. The lowest BCUT2D eigenvalue weighted by Crippen LogP contribution is -2.19. The molecule has 0 aliphatic rings. The third-order valence-electron chi connectivity index (χ3n) is 1.88. The molecule has 0 heterocycles. The molecule has 0 bridgehead atoms. The second-order valence-corrected chi connectivity index (χ2v) is 7.69. The van der Waals surface area contributed by atoms with Crippen LogP contribution in [0.2, 0.25) is 0 Å². The topological polar surface area (TPSA) is 77.2 Å². The molecule has 0 fully saturated rings. The second-order valence-electron chi connectivity index (χ2n) is 3.46. The highest BCUT2D eigenvalue weighted by Crippen LogP contribution is 2.02. The molecule has 2 atom stereocenters. The van der Waals surface area contributed by atoms with Gasteiger partial charge in [0.25, 0.3) is 0 Å². The Kier molecular flexibility index (Phi) is 6.55. The normalized spacial score (nSPS) is 16.5. The van der Waals surface area contributed by atoms with Crippen LogP contribution in [0.4, 0.5) is 0 Å². The second kappa shape index (κ2) is 6.53. The first kappa shape index (κ1) is 14.1. The van der Waals surface area contributed by atoms with E-state index in [2.05, 4.69) is 0 Å². The van der Waals surface area contributed by atoms with Crippen molar-refractivity contribution in [2.75, 3.05) is 24.3 Å². The molecular weight excluding hydrogens is 222 g/mol. The van der Waals surface area contributed by atoms with Gasteiger partial charge in [-0.2, -0.15) is 0 Å². The van der Waals surface area contributed by atoms with Crippen molar-refractivity contribution in [2.45, 2.75) is 25.0 Å². The molecule has 0 aliphatic heterocycles. The Morgan fingerprint density at radius 1 is 1.43 bits per heavy atom. The molecule has 0 saturated heterocycles. The van der Waals surface area contributed by atoms with Crippen molar-refractivity contribution in [3.63, 3.8) is 0 Å². The van der Waals surface area contributed by atoms with Crippen LogP contribution in [0, 0.1) is 0 Å². The summed E-state index contributed by atoms with van der Waals surface area (Å²) < 4.78 is 33.1. The summed E-state index contributed by atoms with van der Waals surface area (Å²) in [6.07, 6.45) is 2.39. The van der Waals surface area contributed by atoms with Crippen LogP contribution in [-0.2, 0) is 20.6 Å². The van der Waals surface area contributed by atoms with Gasteiger partial charge in [-0.15, -0.1) is 0 Å². The highest BCUT2D eigenvalue weighted by molar-refractivity contribution is 7.90. The van der Waals surface area contributed by atoms with Gasteiger partial charge in [0.05, 0.1) is 5.75 Å². The van der Waals surface area contributed by atoms with Gasteiger partial charge in [0, 0.05) is 28.1 Å². The Balaban J connectivity index is 3.75. The maximum absolute atomic E-state index is 11.5. The fourth-order valence-electron chi connectivity index (χ4n) is 1.03. The van der Waals surface area contributed by atoms with E-state index in [-0.39, 0.29) is 11.0 Å². The summed E-state index contributed by atoms with van der Waals surface area (Å²) in [6.45, 7) is 2.41. The van der Waals surface area contributed by atoms with Gasteiger partial charge < -0.3 is 5.73 Å². The zero-order valence-electron chi connectivity index (χ0n) is 8.73. The molecule has 14 heavy (non-hydrogen) atoms. The molecule has 0 aliphatic carbocycles. The molecule has 0 spiro atoms. The lowest BCUT2D eigenvalue weighted by molar-refractivity contribution is 0.600. The zero-order chi connectivity index (χ0) is 11.2. The number of nitrogens with two attached hydrogens (primary N) is 1. The number of sulfone groups is 1. The predicted octanol–water partition coefficient (Wildman–Crippen LogP) is -0.0929. The Morgan fingerprint density at radius 2 is 2.00 bits per heavy atom. The third-order valence-corrected chi connectivity index (χ3v) is 4.74.